The molecular formula is C13H16N4O. The van der Waals surface area contributed by atoms with E-state index in [0.717, 1.165) is 11.4 Å². The number of benzene rings is 1. The number of rotatable bonds is 4. The molecule has 0 amide bonds. The maximum Gasteiger partial charge on any atom is 0.151 e. The van der Waals surface area contributed by atoms with Gasteiger partial charge in [-0.2, -0.15) is 0 Å². The SMILES string of the molecule is CC(C)Oc1ccc(Nc2cncc(N)n2)cc1. The first-order valence-corrected chi connectivity index (χ1v) is 5.75. The number of nitrogen functional groups attached to an aromatic ring is 1. The molecule has 0 saturated carbocycles. The molecule has 0 saturated heterocycles. The van der Waals surface area contributed by atoms with Crippen LogP contribution in [-0.2, 0) is 0 Å². The molecule has 2 aromatic rings. The van der Waals surface area contributed by atoms with E-state index in [0.29, 0.717) is 11.6 Å². The topological polar surface area (TPSA) is 73.1 Å². The Morgan fingerprint density at radius 2 is 1.89 bits per heavy atom. The molecule has 0 spiro atoms. The van der Waals surface area contributed by atoms with Crippen LogP contribution in [0.25, 0.3) is 0 Å². The van der Waals surface area contributed by atoms with Crippen LogP contribution in [0.1, 0.15) is 13.8 Å². The molecule has 1 aromatic heterocycles. The van der Waals surface area contributed by atoms with Gasteiger partial charge in [0, 0.05) is 5.69 Å². The Bertz CT molecular complexity index is 511. The summed E-state index contributed by atoms with van der Waals surface area (Å²) in [6.07, 6.45) is 3.29. The molecule has 0 aliphatic carbocycles. The van der Waals surface area contributed by atoms with Crippen molar-refractivity contribution >= 4 is 17.3 Å². The molecule has 3 N–H and O–H groups in total. The van der Waals surface area contributed by atoms with Gasteiger partial charge in [0.25, 0.3) is 0 Å². The Labute approximate surface area is 106 Å². The molecule has 0 atom stereocenters. The number of anilines is 3. The average molecular weight is 244 g/mol. The Kier molecular flexibility index (Phi) is 3.62. The van der Waals surface area contributed by atoms with Crippen LogP contribution in [0.5, 0.6) is 5.75 Å². The Hall–Kier alpha value is -2.30. The molecule has 1 heterocycles. The van der Waals surface area contributed by atoms with Crippen molar-refractivity contribution in [2.75, 3.05) is 11.1 Å². The summed E-state index contributed by atoms with van der Waals surface area (Å²) in [5.74, 6) is 1.85. The van der Waals surface area contributed by atoms with Gasteiger partial charge in [-0.05, 0) is 38.1 Å². The predicted octanol–water partition coefficient (Wildman–Crippen LogP) is 2.59. The standard InChI is InChI=1S/C13H16N4O/c1-9(2)18-11-5-3-10(4-6-11)16-13-8-15-7-12(14)17-13/h3-9H,1-2H3,(H3,14,16,17). The summed E-state index contributed by atoms with van der Waals surface area (Å²) >= 11 is 0. The summed E-state index contributed by atoms with van der Waals surface area (Å²) in [6, 6.07) is 7.65. The molecule has 0 unspecified atom stereocenters. The first kappa shape index (κ1) is 12.2. The highest BCUT2D eigenvalue weighted by Gasteiger charge is 2.00. The fourth-order valence-electron chi connectivity index (χ4n) is 1.48. The Morgan fingerprint density at radius 3 is 2.50 bits per heavy atom. The lowest BCUT2D eigenvalue weighted by molar-refractivity contribution is 0.242. The molecular weight excluding hydrogens is 228 g/mol. The van der Waals surface area contributed by atoms with Gasteiger partial charge in [-0.3, -0.25) is 4.98 Å². The minimum absolute atomic E-state index is 0.170. The second kappa shape index (κ2) is 5.35. The number of hydrogen-bond donors (Lipinski definition) is 2. The number of nitrogens with two attached hydrogens (primary N) is 1. The third kappa shape index (κ3) is 3.35. The fourth-order valence-corrected chi connectivity index (χ4v) is 1.48. The van der Waals surface area contributed by atoms with Crippen LogP contribution in [0.15, 0.2) is 36.7 Å². The van der Waals surface area contributed by atoms with Gasteiger partial charge in [0.05, 0.1) is 18.5 Å². The first-order chi connectivity index (χ1) is 8.63. The van der Waals surface area contributed by atoms with Gasteiger partial charge >= 0.3 is 0 Å². The highest BCUT2D eigenvalue weighted by Crippen LogP contribution is 2.19. The highest BCUT2D eigenvalue weighted by molar-refractivity contribution is 5.57. The maximum absolute atomic E-state index is 5.56. The zero-order valence-corrected chi connectivity index (χ0v) is 10.4. The average Bonchev–Trinajstić information content (AvgIpc) is 2.31. The first-order valence-electron chi connectivity index (χ1n) is 5.75. The molecule has 0 bridgehead atoms. The summed E-state index contributed by atoms with van der Waals surface area (Å²) in [7, 11) is 0. The van der Waals surface area contributed by atoms with Crippen LogP contribution < -0.4 is 15.8 Å². The molecule has 18 heavy (non-hydrogen) atoms. The lowest BCUT2D eigenvalue weighted by Gasteiger charge is -2.10. The molecule has 1 aromatic carbocycles. The van der Waals surface area contributed by atoms with E-state index in [-0.39, 0.29) is 6.10 Å². The highest BCUT2D eigenvalue weighted by atomic mass is 16.5. The quantitative estimate of drug-likeness (QED) is 0.864. The molecule has 0 aliphatic heterocycles. The lowest BCUT2D eigenvalue weighted by Crippen LogP contribution is -2.05. The van der Waals surface area contributed by atoms with E-state index >= 15 is 0 Å². The number of ether oxygens (including phenoxy) is 1. The van der Waals surface area contributed by atoms with E-state index in [2.05, 4.69) is 15.3 Å². The zero-order valence-electron chi connectivity index (χ0n) is 10.4. The van der Waals surface area contributed by atoms with E-state index in [9.17, 15) is 0 Å². The van der Waals surface area contributed by atoms with E-state index in [4.69, 9.17) is 10.5 Å². The second-order valence-electron chi connectivity index (χ2n) is 4.15. The van der Waals surface area contributed by atoms with Crippen LogP contribution >= 0.6 is 0 Å². The van der Waals surface area contributed by atoms with Crippen LogP contribution in [0.3, 0.4) is 0 Å². The van der Waals surface area contributed by atoms with Gasteiger partial charge in [0.2, 0.25) is 0 Å². The number of nitrogens with zero attached hydrogens (tertiary/aromatic N) is 2. The molecule has 94 valence electrons. The van der Waals surface area contributed by atoms with Crippen LogP contribution in [0.4, 0.5) is 17.3 Å². The third-order valence-electron chi connectivity index (χ3n) is 2.15. The zero-order chi connectivity index (χ0) is 13.0. The lowest BCUT2D eigenvalue weighted by atomic mass is 10.3. The van der Waals surface area contributed by atoms with Gasteiger partial charge < -0.3 is 15.8 Å². The fraction of sp³-hybridized carbons (Fsp3) is 0.231. The molecule has 0 aliphatic rings. The van der Waals surface area contributed by atoms with Crippen molar-refractivity contribution in [1.29, 1.82) is 0 Å². The predicted molar refractivity (Wildman–Crippen MR) is 71.9 cm³/mol. The number of aromatic nitrogens is 2. The Morgan fingerprint density at radius 1 is 1.17 bits per heavy atom. The summed E-state index contributed by atoms with van der Waals surface area (Å²) in [5.41, 5.74) is 6.47. The molecule has 2 rings (SSSR count). The van der Waals surface area contributed by atoms with Crippen molar-refractivity contribution in [2.45, 2.75) is 20.0 Å². The molecule has 5 heteroatoms. The van der Waals surface area contributed by atoms with Crippen LogP contribution in [0, 0.1) is 0 Å². The van der Waals surface area contributed by atoms with E-state index in [1.54, 1.807) is 6.20 Å². The second-order valence-corrected chi connectivity index (χ2v) is 4.15. The van der Waals surface area contributed by atoms with E-state index in [1.807, 2.05) is 38.1 Å². The van der Waals surface area contributed by atoms with Gasteiger partial charge in [0.1, 0.15) is 11.6 Å². The van der Waals surface area contributed by atoms with E-state index in [1.165, 1.54) is 6.20 Å². The normalized spacial score (nSPS) is 10.4. The number of nitrogens with one attached hydrogen (secondary N) is 1. The minimum atomic E-state index is 0.170. The summed E-state index contributed by atoms with van der Waals surface area (Å²) in [4.78, 5) is 8.07. The summed E-state index contributed by atoms with van der Waals surface area (Å²) < 4.78 is 5.56. The molecule has 0 radical (unpaired) electrons. The van der Waals surface area contributed by atoms with Crippen molar-refractivity contribution in [3.63, 3.8) is 0 Å². The monoisotopic (exact) mass is 244 g/mol. The number of hydrogen-bond acceptors (Lipinski definition) is 5. The third-order valence-corrected chi connectivity index (χ3v) is 2.15. The summed E-state index contributed by atoms with van der Waals surface area (Å²) in [6.45, 7) is 3.99. The minimum Gasteiger partial charge on any atom is -0.491 e. The smallest absolute Gasteiger partial charge is 0.151 e. The van der Waals surface area contributed by atoms with Gasteiger partial charge in [0.15, 0.2) is 5.82 Å². The summed E-state index contributed by atoms with van der Waals surface area (Å²) in [5, 5.41) is 3.12. The van der Waals surface area contributed by atoms with Crippen molar-refractivity contribution in [3.05, 3.63) is 36.7 Å². The van der Waals surface area contributed by atoms with Crippen molar-refractivity contribution in [3.8, 4) is 5.75 Å². The molecule has 0 fully saturated rings. The van der Waals surface area contributed by atoms with Crippen LogP contribution in [-0.4, -0.2) is 16.1 Å². The largest absolute Gasteiger partial charge is 0.491 e. The van der Waals surface area contributed by atoms with Crippen molar-refractivity contribution in [2.24, 2.45) is 0 Å². The van der Waals surface area contributed by atoms with Crippen molar-refractivity contribution < 1.29 is 4.74 Å². The van der Waals surface area contributed by atoms with Crippen molar-refractivity contribution in [1.82, 2.24) is 9.97 Å². The van der Waals surface area contributed by atoms with E-state index < -0.39 is 0 Å². The van der Waals surface area contributed by atoms with Crippen LogP contribution in [0.2, 0.25) is 0 Å². The maximum atomic E-state index is 5.56. The Balaban J connectivity index is 2.06. The molecule has 5 nitrogen and oxygen atoms in total. The van der Waals surface area contributed by atoms with Gasteiger partial charge in [-0.15, -0.1) is 0 Å². The van der Waals surface area contributed by atoms with Gasteiger partial charge in [-0.1, -0.05) is 0 Å². The van der Waals surface area contributed by atoms with Gasteiger partial charge in [-0.25, -0.2) is 4.98 Å².